The Labute approximate surface area is 148 Å². The molecule has 24 heavy (non-hydrogen) atoms. The van der Waals surface area contributed by atoms with Gasteiger partial charge in [-0.3, -0.25) is 9.97 Å². The van der Waals surface area contributed by atoms with Crippen LogP contribution in [0.3, 0.4) is 0 Å². The van der Waals surface area contributed by atoms with Gasteiger partial charge in [0.2, 0.25) is 0 Å². The third-order valence-corrected chi connectivity index (χ3v) is 4.27. The molecule has 0 saturated carbocycles. The van der Waals surface area contributed by atoms with Crippen molar-refractivity contribution in [1.82, 2.24) is 9.97 Å². The van der Waals surface area contributed by atoms with E-state index in [-0.39, 0.29) is 0 Å². The summed E-state index contributed by atoms with van der Waals surface area (Å²) in [5.74, 6) is 1.63. The summed E-state index contributed by atoms with van der Waals surface area (Å²) >= 11 is 3.43. The maximum absolute atomic E-state index is 5.74. The quantitative estimate of drug-likeness (QED) is 0.733. The maximum atomic E-state index is 5.74. The van der Waals surface area contributed by atoms with E-state index < -0.39 is 0 Å². The molecular weight excluding hydrogens is 370 g/mol. The molecule has 0 saturated heterocycles. The molecule has 0 aliphatic carbocycles. The molecule has 6 heteroatoms. The number of anilines is 1. The Morgan fingerprint density at radius 3 is 2.83 bits per heavy atom. The number of nitrogens with one attached hydrogen (secondary N) is 1. The third-order valence-electron chi connectivity index (χ3n) is 3.84. The molecule has 3 aromatic rings. The van der Waals surface area contributed by atoms with Gasteiger partial charge >= 0.3 is 0 Å². The smallest absolute Gasteiger partial charge is 0.161 e. The Morgan fingerprint density at radius 1 is 1.04 bits per heavy atom. The molecule has 0 radical (unpaired) electrons. The van der Waals surface area contributed by atoms with Crippen molar-refractivity contribution in [3.8, 4) is 11.5 Å². The van der Waals surface area contributed by atoms with Crippen molar-refractivity contribution in [1.29, 1.82) is 0 Å². The number of nitrogens with zero attached hydrogens (tertiary/aromatic N) is 2. The van der Waals surface area contributed by atoms with Crippen LogP contribution in [0.1, 0.15) is 12.0 Å². The minimum absolute atomic E-state index is 0.674. The van der Waals surface area contributed by atoms with Crippen molar-refractivity contribution in [3.05, 3.63) is 52.8 Å². The lowest BCUT2D eigenvalue weighted by molar-refractivity contribution is 0.297. The zero-order valence-electron chi connectivity index (χ0n) is 13.0. The average Bonchev–Trinajstić information content (AvgIpc) is 2.84. The van der Waals surface area contributed by atoms with Gasteiger partial charge in [-0.05, 0) is 45.8 Å². The number of ether oxygens (including phenoxy) is 2. The number of pyridine rings is 2. The van der Waals surface area contributed by atoms with E-state index in [2.05, 4.69) is 31.2 Å². The van der Waals surface area contributed by atoms with Crippen molar-refractivity contribution in [2.75, 3.05) is 18.5 Å². The van der Waals surface area contributed by atoms with Crippen LogP contribution in [0.5, 0.6) is 11.5 Å². The van der Waals surface area contributed by atoms with Crippen LogP contribution in [0.2, 0.25) is 0 Å². The third kappa shape index (κ3) is 3.14. The monoisotopic (exact) mass is 385 g/mol. The van der Waals surface area contributed by atoms with Crippen LogP contribution in [-0.2, 0) is 6.54 Å². The Hall–Kier alpha value is -2.34. The summed E-state index contributed by atoms with van der Waals surface area (Å²) in [6.07, 6.45) is 4.47. The van der Waals surface area contributed by atoms with Crippen molar-refractivity contribution in [2.24, 2.45) is 0 Å². The fourth-order valence-electron chi connectivity index (χ4n) is 2.66. The molecule has 0 fully saturated rings. The normalized spacial score (nSPS) is 13.5. The molecule has 5 nitrogen and oxygen atoms in total. The number of hydrogen-bond donors (Lipinski definition) is 1. The molecule has 1 aliphatic heterocycles. The molecule has 0 atom stereocenters. The Balaban J connectivity index is 1.56. The zero-order valence-corrected chi connectivity index (χ0v) is 14.5. The summed E-state index contributed by atoms with van der Waals surface area (Å²) in [5.41, 5.74) is 3.80. The van der Waals surface area contributed by atoms with Crippen molar-refractivity contribution < 1.29 is 9.47 Å². The van der Waals surface area contributed by atoms with Crippen LogP contribution in [0, 0.1) is 0 Å². The molecule has 0 spiro atoms. The molecule has 0 bridgehead atoms. The van der Waals surface area contributed by atoms with Crippen molar-refractivity contribution >= 4 is 32.7 Å². The van der Waals surface area contributed by atoms with Crippen molar-refractivity contribution in [2.45, 2.75) is 13.0 Å². The van der Waals surface area contributed by atoms with Crippen LogP contribution in [0.4, 0.5) is 5.69 Å². The van der Waals surface area contributed by atoms with Crippen LogP contribution in [0.25, 0.3) is 11.0 Å². The Bertz CT molecular complexity index is 885. The predicted octanol–water partition coefficient (Wildman–Crippen LogP) is 4.17. The SMILES string of the molecule is Brc1cnc2c(NCc3ccc4c(c3)OCCCO4)ccnc2c1. The average molecular weight is 386 g/mol. The fourth-order valence-corrected chi connectivity index (χ4v) is 2.98. The topological polar surface area (TPSA) is 56.3 Å². The van der Waals surface area contributed by atoms with E-state index >= 15 is 0 Å². The van der Waals surface area contributed by atoms with Crippen molar-refractivity contribution in [3.63, 3.8) is 0 Å². The van der Waals surface area contributed by atoms with E-state index in [1.165, 1.54) is 0 Å². The van der Waals surface area contributed by atoms with Gasteiger partial charge < -0.3 is 14.8 Å². The largest absolute Gasteiger partial charge is 0.490 e. The summed E-state index contributed by atoms with van der Waals surface area (Å²) in [5, 5.41) is 3.43. The second kappa shape index (κ2) is 6.65. The standard InChI is InChI=1S/C18H16BrN3O2/c19-13-9-15-18(22-11-13)14(4-5-20-15)21-10-12-2-3-16-17(8-12)24-7-1-6-23-16/h2-5,8-9,11H,1,6-7,10H2,(H,20,21). The first-order chi connectivity index (χ1) is 11.8. The lowest BCUT2D eigenvalue weighted by Crippen LogP contribution is -2.02. The second-order valence-electron chi connectivity index (χ2n) is 5.56. The minimum Gasteiger partial charge on any atom is -0.490 e. The van der Waals surface area contributed by atoms with Gasteiger partial charge in [0.25, 0.3) is 0 Å². The molecule has 0 amide bonds. The lowest BCUT2D eigenvalue weighted by atomic mass is 10.2. The first kappa shape index (κ1) is 15.2. The highest BCUT2D eigenvalue weighted by Gasteiger charge is 2.11. The molecular formula is C18H16BrN3O2. The van der Waals surface area contributed by atoms with Crippen LogP contribution in [0.15, 0.2) is 47.2 Å². The summed E-state index contributed by atoms with van der Waals surface area (Å²) in [6.45, 7) is 2.07. The van der Waals surface area contributed by atoms with Crippen LogP contribution in [-0.4, -0.2) is 23.2 Å². The van der Waals surface area contributed by atoms with Crippen LogP contribution < -0.4 is 14.8 Å². The molecule has 2 aromatic heterocycles. The van der Waals surface area contributed by atoms with E-state index in [0.29, 0.717) is 19.8 Å². The number of halogens is 1. The van der Waals surface area contributed by atoms with E-state index in [4.69, 9.17) is 9.47 Å². The first-order valence-electron chi connectivity index (χ1n) is 7.82. The molecule has 1 N–H and O–H groups in total. The highest BCUT2D eigenvalue weighted by molar-refractivity contribution is 9.10. The van der Waals surface area contributed by atoms with E-state index in [1.54, 1.807) is 12.4 Å². The van der Waals surface area contributed by atoms with Gasteiger partial charge in [-0.2, -0.15) is 0 Å². The number of aromatic nitrogens is 2. The molecule has 3 heterocycles. The summed E-state index contributed by atoms with van der Waals surface area (Å²) in [6, 6.07) is 9.94. The van der Waals surface area contributed by atoms with Gasteiger partial charge in [0.15, 0.2) is 11.5 Å². The zero-order chi connectivity index (χ0) is 16.4. The van der Waals surface area contributed by atoms with E-state index in [0.717, 1.165) is 44.7 Å². The fraction of sp³-hybridized carbons (Fsp3) is 0.222. The molecule has 122 valence electrons. The minimum atomic E-state index is 0.674. The Kier molecular flexibility index (Phi) is 4.21. The van der Waals surface area contributed by atoms with Crippen LogP contribution >= 0.6 is 15.9 Å². The number of rotatable bonds is 3. The number of benzene rings is 1. The molecule has 4 rings (SSSR count). The molecule has 1 aliphatic rings. The second-order valence-corrected chi connectivity index (χ2v) is 6.48. The van der Waals surface area contributed by atoms with Gasteiger partial charge in [0, 0.05) is 29.8 Å². The lowest BCUT2D eigenvalue weighted by Gasteiger charge is -2.12. The number of hydrogen-bond acceptors (Lipinski definition) is 5. The van der Waals surface area contributed by atoms with Gasteiger partial charge in [0.05, 0.1) is 24.4 Å². The highest BCUT2D eigenvalue weighted by atomic mass is 79.9. The summed E-state index contributed by atoms with van der Waals surface area (Å²) < 4.78 is 12.3. The maximum Gasteiger partial charge on any atom is 0.161 e. The van der Waals surface area contributed by atoms with Gasteiger partial charge in [-0.15, -0.1) is 0 Å². The first-order valence-corrected chi connectivity index (χ1v) is 8.61. The van der Waals surface area contributed by atoms with Gasteiger partial charge in [0.1, 0.15) is 5.52 Å². The predicted molar refractivity (Wildman–Crippen MR) is 96.6 cm³/mol. The van der Waals surface area contributed by atoms with Gasteiger partial charge in [-0.25, -0.2) is 0 Å². The highest BCUT2D eigenvalue weighted by Crippen LogP contribution is 2.31. The Morgan fingerprint density at radius 2 is 1.92 bits per heavy atom. The summed E-state index contributed by atoms with van der Waals surface area (Å²) in [7, 11) is 0. The number of fused-ring (bicyclic) bond motifs is 2. The van der Waals surface area contributed by atoms with E-state index in [9.17, 15) is 0 Å². The summed E-state index contributed by atoms with van der Waals surface area (Å²) in [4.78, 5) is 8.82. The van der Waals surface area contributed by atoms with Gasteiger partial charge in [-0.1, -0.05) is 6.07 Å². The molecule has 0 unspecified atom stereocenters. The van der Waals surface area contributed by atoms with E-state index in [1.807, 2.05) is 30.3 Å². The molecule has 1 aromatic carbocycles.